The smallest absolute Gasteiger partial charge is 0.324 e. The van der Waals surface area contributed by atoms with Gasteiger partial charge in [0.2, 0.25) is 5.91 Å². The molecule has 0 atom stereocenters. The molecule has 3 rings (SSSR count). The van der Waals surface area contributed by atoms with E-state index >= 15 is 0 Å². The number of hydrogen-bond donors (Lipinski definition) is 0. The van der Waals surface area contributed by atoms with Crippen LogP contribution >= 0.6 is 11.6 Å². The number of hydrogen-bond acceptors (Lipinski definition) is 6. The Kier molecular flexibility index (Phi) is 5.98. The molecule has 0 spiro atoms. The van der Waals surface area contributed by atoms with Crippen molar-refractivity contribution in [1.82, 2.24) is 19.5 Å². The van der Waals surface area contributed by atoms with Gasteiger partial charge in [0.15, 0.2) is 15.7 Å². The van der Waals surface area contributed by atoms with Crippen LogP contribution in [-0.4, -0.2) is 52.5 Å². The molecule has 0 aromatic carbocycles. The fourth-order valence-corrected chi connectivity index (χ4v) is 4.10. The van der Waals surface area contributed by atoms with Crippen molar-refractivity contribution in [3.05, 3.63) is 30.2 Å². The Bertz CT molecular complexity index is 1270. The van der Waals surface area contributed by atoms with Crippen molar-refractivity contribution in [1.29, 1.82) is 0 Å². The van der Waals surface area contributed by atoms with Crippen molar-refractivity contribution >= 4 is 44.1 Å². The molecule has 3 heterocycles. The van der Waals surface area contributed by atoms with E-state index in [-0.39, 0.29) is 44.8 Å². The highest BCUT2D eigenvalue weighted by atomic mass is 35.5. The summed E-state index contributed by atoms with van der Waals surface area (Å²) >= 11 is 5.56. The summed E-state index contributed by atoms with van der Waals surface area (Å²) in [5.41, 5.74) is -0.718. The minimum Gasteiger partial charge on any atom is -0.324 e. The lowest BCUT2D eigenvalue weighted by Gasteiger charge is -2.18. The second-order valence-corrected chi connectivity index (χ2v) is 9.09. The molecule has 0 unspecified atom stereocenters. The van der Waals surface area contributed by atoms with Gasteiger partial charge in [-0.15, -0.1) is 11.6 Å². The standard InChI is InChI=1S/C18H17ClF3N5O3S/c1-4-31(29,30)13-5-10(26(2)15(28)7-19)8-24-16(13)17-25-11-6-14(18(20,21)22)23-9-12(11)27(17)3/h5-6,8-9H,4,7H2,1-3H3. The van der Waals surface area contributed by atoms with Crippen molar-refractivity contribution in [2.45, 2.75) is 18.0 Å². The van der Waals surface area contributed by atoms with E-state index in [1.165, 1.54) is 37.8 Å². The fraction of sp³-hybridized carbons (Fsp3) is 0.333. The summed E-state index contributed by atoms with van der Waals surface area (Å²) in [6.07, 6.45) is -2.36. The summed E-state index contributed by atoms with van der Waals surface area (Å²) in [7, 11) is -0.899. The van der Waals surface area contributed by atoms with Crippen LogP contribution in [0.4, 0.5) is 18.9 Å². The molecule has 3 aromatic heterocycles. The highest BCUT2D eigenvalue weighted by Gasteiger charge is 2.33. The topological polar surface area (TPSA) is 98.1 Å². The molecular weight excluding hydrogens is 459 g/mol. The second kappa shape index (κ2) is 8.08. The van der Waals surface area contributed by atoms with Crippen molar-refractivity contribution in [2.24, 2.45) is 7.05 Å². The number of amides is 1. The first kappa shape index (κ1) is 22.9. The van der Waals surface area contributed by atoms with Gasteiger partial charge in [-0.2, -0.15) is 13.2 Å². The average Bonchev–Trinajstić information content (AvgIpc) is 3.07. The molecule has 8 nitrogen and oxygen atoms in total. The summed E-state index contributed by atoms with van der Waals surface area (Å²) in [6.45, 7) is 1.44. The average molecular weight is 476 g/mol. The molecule has 0 bridgehead atoms. The number of aromatic nitrogens is 4. The van der Waals surface area contributed by atoms with Crippen LogP contribution in [0.1, 0.15) is 12.6 Å². The van der Waals surface area contributed by atoms with Crippen molar-refractivity contribution in [3.63, 3.8) is 0 Å². The van der Waals surface area contributed by atoms with Gasteiger partial charge in [0.1, 0.15) is 17.3 Å². The molecule has 0 N–H and O–H groups in total. The molecule has 0 radical (unpaired) electrons. The molecule has 166 valence electrons. The van der Waals surface area contributed by atoms with E-state index in [1.54, 1.807) is 0 Å². The lowest BCUT2D eigenvalue weighted by atomic mass is 10.3. The SMILES string of the molecule is CCS(=O)(=O)c1cc(N(C)C(=O)CCl)cnc1-c1nc2cc(C(F)(F)F)ncc2n1C. The molecule has 0 aliphatic carbocycles. The third kappa shape index (κ3) is 4.22. The summed E-state index contributed by atoms with van der Waals surface area (Å²) in [5, 5.41) is 0. The van der Waals surface area contributed by atoms with Crippen molar-refractivity contribution < 1.29 is 26.4 Å². The first-order valence-corrected chi connectivity index (χ1v) is 11.0. The van der Waals surface area contributed by atoms with E-state index in [2.05, 4.69) is 15.0 Å². The number of imidazole rings is 1. The van der Waals surface area contributed by atoms with E-state index < -0.39 is 27.6 Å². The van der Waals surface area contributed by atoms with Crippen LogP contribution in [0.2, 0.25) is 0 Å². The number of fused-ring (bicyclic) bond motifs is 1. The van der Waals surface area contributed by atoms with Gasteiger partial charge in [-0.3, -0.25) is 4.79 Å². The Hall–Kier alpha value is -2.73. The van der Waals surface area contributed by atoms with E-state index in [1.807, 2.05) is 0 Å². The molecule has 0 aliphatic heterocycles. The number of carbonyl (C=O) groups is 1. The van der Waals surface area contributed by atoms with Gasteiger partial charge in [-0.05, 0) is 12.1 Å². The number of sulfone groups is 1. The first-order valence-electron chi connectivity index (χ1n) is 8.86. The van der Waals surface area contributed by atoms with Crippen LogP contribution in [0.5, 0.6) is 0 Å². The molecule has 3 aromatic rings. The predicted molar refractivity (Wildman–Crippen MR) is 109 cm³/mol. The number of alkyl halides is 4. The summed E-state index contributed by atoms with van der Waals surface area (Å²) in [4.78, 5) is 24.6. The third-order valence-electron chi connectivity index (χ3n) is 4.70. The van der Waals surface area contributed by atoms with E-state index in [0.29, 0.717) is 0 Å². The minimum atomic E-state index is -4.65. The largest absolute Gasteiger partial charge is 0.433 e. The second-order valence-electron chi connectivity index (χ2n) is 6.58. The Morgan fingerprint density at radius 3 is 2.48 bits per heavy atom. The van der Waals surface area contributed by atoms with Crippen molar-refractivity contribution in [2.75, 3.05) is 23.6 Å². The molecule has 1 amide bonds. The monoisotopic (exact) mass is 475 g/mol. The van der Waals surface area contributed by atoms with E-state index in [9.17, 15) is 26.4 Å². The van der Waals surface area contributed by atoms with Crippen LogP contribution in [-0.2, 0) is 27.9 Å². The lowest BCUT2D eigenvalue weighted by Crippen LogP contribution is -2.27. The minimum absolute atomic E-state index is 0.0139. The molecule has 0 saturated heterocycles. The first-order chi connectivity index (χ1) is 14.4. The molecule has 13 heteroatoms. The highest BCUT2D eigenvalue weighted by molar-refractivity contribution is 7.91. The fourth-order valence-electron chi connectivity index (χ4n) is 2.87. The number of halogens is 4. The Labute approximate surface area is 180 Å². The zero-order valence-electron chi connectivity index (χ0n) is 16.6. The van der Waals surface area contributed by atoms with E-state index in [4.69, 9.17) is 11.6 Å². The molecule has 0 aliphatic rings. The summed E-state index contributed by atoms with van der Waals surface area (Å²) < 4.78 is 65.9. The number of nitrogens with zero attached hydrogens (tertiary/aromatic N) is 5. The van der Waals surface area contributed by atoms with Gasteiger partial charge in [0.05, 0.1) is 39.8 Å². The van der Waals surface area contributed by atoms with Crippen LogP contribution < -0.4 is 4.90 Å². The summed E-state index contributed by atoms with van der Waals surface area (Å²) in [6, 6.07) is 2.05. The third-order valence-corrected chi connectivity index (χ3v) is 6.67. The van der Waals surface area contributed by atoms with Crippen molar-refractivity contribution in [3.8, 4) is 11.5 Å². The Morgan fingerprint density at radius 1 is 1.23 bits per heavy atom. The predicted octanol–water partition coefficient (Wildman–Crippen LogP) is 3.04. The maximum atomic E-state index is 13.0. The van der Waals surface area contributed by atoms with Gasteiger partial charge in [-0.25, -0.2) is 23.4 Å². The van der Waals surface area contributed by atoms with Crippen LogP contribution in [0.15, 0.2) is 29.4 Å². The zero-order valence-corrected chi connectivity index (χ0v) is 18.2. The maximum Gasteiger partial charge on any atom is 0.433 e. The number of rotatable bonds is 5. The Morgan fingerprint density at radius 2 is 1.90 bits per heavy atom. The van der Waals surface area contributed by atoms with Gasteiger partial charge in [0, 0.05) is 14.1 Å². The van der Waals surface area contributed by atoms with Gasteiger partial charge < -0.3 is 9.47 Å². The molecule has 0 saturated carbocycles. The van der Waals surface area contributed by atoms with E-state index in [0.717, 1.165) is 17.2 Å². The molecule has 0 fully saturated rings. The van der Waals surface area contributed by atoms with Gasteiger partial charge in [0.25, 0.3) is 0 Å². The lowest BCUT2D eigenvalue weighted by molar-refractivity contribution is -0.141. The summed E-state index contributed by atoms with van der Waals surface area (Å²) in [5.74, 6) is -0.999. The van der Waals surface area contributed by atoms with Gasteiger partial charge in [-0.1, -0.05) is 6.92 Å². The normalized spacial score (nSPS) is 12.4. The molecular formula is C18H17ClF3N5O3S. The van der Waals surface area contributed by atoms with Crippen LogP contribution in [0.25, 0.3) is 22.6 Å². The molecule has 31 heavy (non-hydrogen) atoms. The van der Waals surface area contributed by atoms with Crippen LogP contribution in [0.3, 0.4) is 0 Å². The van der Waals surface area contributed by atoms with Gasteiger partial charge >= 0.3 is 6.18 Å². The van der Waals surface area contributed by atoms with Crippen LogP contribution in [0, 0.1) is 0 Å². The zero-order chi connectivity index (χ0) is 23.1. The number of anilines is 1. The quantitative estimate of drug-likeness (QED) is 0.526. The Balaban J connectivity index is 2.25. The maximum absolute atomic E-state index is 13.0. The number of pyridine rings is 2. The number of carbonyl (C=O) groups excluding carboxylic acids is 1. The number of aryl methyl sites for hydroxylation is 1. The highest BCUT2D eigenvalue weighted by Crippen LogP contribution is 2.33.